The highest BCUT2D eigenvalue weighted by atomic mass is 16.5. The largest absolute Gasteiger partial charge is 0.458 e. The van der Waals surface area contributed by atoms with Gasteiger partial charge in [-0.15, -0.1) is 0 Å². The van der Waals surface area contributed by atoms with E-state index in [9.17, 15) is 9.59 Å². The van der Waals surface area contributed by atoms with Crippen molar-refractivity contribution < 1.29 is 28.0 Å². The molecular formula is C65H112N2O4+2. The van der Waals surface area contributed by atoms with Gasteiger partial charge in [-0.2, -0.15) is 0 Å². The number of hydrogen-bond donors (Lipinski definition) is 0. The number of rotatable bonds is 20. The van der Waals surface area contributed by atoms with Crippen LogP contribution in [0.5, 0.6) is 0 Å². The van der Waals surface area contributed by atoms with Gasteiger partial charge in [0.1, 0.15) is 12.2 Å². The maximum absolute atomic E-state index is 13.6. The zero-order chi connectivity index (χ0) is 51.3. The highest BCUT2D eigenvalue weighted by Crippen LogP contribution is 2.69. The predicted molar refractivity (Wildman–Crippen MR) is 294 cm³/mol. The van der Waals surface area contributed by atoms with E-state index in [0.29, 0.717) is 32.9 Å². The Bertz CT molecular complexity index is 1780. The van der Waals surface area contributed by atoms with Crippen LogP contribution in [0.3, 0.4) is 0 Å². The number of ether oxygens (including phenoxy) is 2. The lowest BCUT2D eigenvalue weighted by Crippen LogP contribution is -2.52. The molecule has 8 aliphatic rings. The molecule has 0 heterocycles. The molecule has 0 aromatic rings. The minimum atomic E-state index is -0.0537. The number of hydrogen-bond acceptors (Lipinski definition) is 4. The minimum Gasteiger partial charge on any atom is -0.458 e. The molecule has 0 N–H and O–H groups in total. The molecule has 0 aromatic heterocycles. The van der Waals surface area contributed by atoms with Gasteiger partial charge in [0.25, 0.3) is 0 Å². The van der Waals surface area contributed by atoms with Gasteiger partial charge in [0.05, 0.1) is 41.3 Å². The Morgan fingerprint density at radius 2 is 0.915 bits per heavy atom. The molecule has 0 bridgehead atoms. The SMILES string of the molecule is CC(C)CCC[C@@H](C)[C@H]1CC[C@H]2[C@@H]3CC=C4C[C@@H](OC(=O)C[N+](C)(C)CCC[N+](C)(C)CC(=O)O[C@H]5CC[C@@]6(C)C(=CC[C@H]7[C@@H]8CC[C@H]([C@H](C)CCCC(C)C)[C@@]8(C)CC[C@@H]76)C5)CC[C@]4(C)[C@H]3CC[C@]12C. The lowest BCUT2D eigenvalue weighted by Gasteiger charge is -2.58. The number of quaternary nitrogens is 2. The number of likely N-dealkylation sites (N-methyl/N-ethyl adjacent to an activating group) is 2. The average Bonchev–Trinajstić information content (AvgIpc) is 3.82. The van der Waals surface area contributed by atoms with Crippen LogP contribution < -0.4 is 0 Å². The van der Waals surface area contributed by atoms with E-state index in [-0.39, 0.29) is 35.0 Å². The Labute approximate surface area is 437 Å². The summed E-state index contributed by atoms with van der Waals surface area (Å²) < 4.78 is 13.9. The van der Waals surface area contributed by atoms with E-state index in [1.54, 1.807) is 11.1 Å². The second-order valence-electron chi connectivity index (χ2n) is 30.3. The van der Waals surface area contributed by atoms with Crippen LogP contribution in [0.2, 0.25) is 0 Å². The van der Waals surface area contributed by atoms with Crippen molar-refractivity contribution in [3.05, 3.63) is 23.3 Å². The highest BCUT2D eigenvalue weighted by Gasteiger charge is 2.61. The standard InChI is InChI=1S/C65H112N2O4/c1-44(2)18-15-20-46(5)54-26-28-56-52-24-22-48-40-50(30-34-62(48,7)58(52)32-36-64(54,56)9)70-60(68)42-66(11,12)38-17-39-67(13,14)43-61(69)71-51-31-35-63(8)49(41-51)23-25-53-57-29-27-55(47(6)21-16-19-45(3)4)65(57,10)37-33-59(53)63/h22-23,44-47,50-59H,15-21,24-43H2,1-14H3/q+2/t46-,47-,50+,51+,52+,53+,54-,55-,56+,57+,58+,59+,62+,63+,64-,65-/m1/s1. The van der Waals surface area contributed by atoms with Gasteiger partial charge in [0, 0.05) is 19.3 Å². The lowest BCUT2D eigenvalue weighted by atomic mass is 9.47. The van der Waals surface area contributed by atoms with Crippen molar-refractivity contribution in [3.63, 3.8) is 0 Å². The number of fused-ring (bicyclic) bond motifs is 10. The summed E-state index contributed by atoms with van der Waals surface area (Å²) in [5.74, 6) is 9.97. The molecule has 16 atom stereocenters. The first-order valence-corrected chi connectivity index (χ1v) is 30.8. The van der Waals surface area contributed by atoms with Crippen LogP contribution in [-0.4, -0.2) is 87.5 Å². The van der Waals surface area contributed by atoms with E-state index in [1.807, 2.05) is 0 Å². The molecule has 0 spiro atoms. The van der Waals surface area contributed by atoms with Gasteiger partial charge in [-0.25, -0.2) is 9.59 Å². The van der Waals surface area contributed by atoms with E-state index in [2.05, 4.69) is 110 Å². The van der Waals surface area contributed by atoms with E-state index in [0.717, 1.165) is 129 Å². The third-order valence-corrected chi connectivity index (χ3v) is 23.8. The molecule has 0 unspecified atom stereocenters. The first-order chi connectivity index (χ1) is 33.4. The van der Waals surface area contributed by atoms with Crippen molar-refractivity contribution in [1.29, 1.82) is 0 Å². The number of carbonyl (C=O) groups excluding carboxylic acids is 2. The maximum Gasteiger partial charge on any atom is 0.362 e. The smallest absolute Gasteiger partial charge is 0.362 e. The third-order valence-electron chi connectivity index (χ3n) is 23.8. The van der Waals surface area contributed by atoms with Crippen LogP contribution in [0, 0.1) is 92.7 Å². The van der Waals surface area contributed by atoms with Crippen LogP contribution in [-0.2, 0) is 19.1 Å². The second-order valence-corrected chi connectivity index (χ2v) is 30.3. The summed E-state index contributed by atoms with van der Waals surface area (Å²) in [6.45, 7) is 27.8. The summed E-state index contributed by atoms with van der Waals surface area (Å²) in [7, 11) is 8.67. The quantitative estimate of drug-likeness (QED) is 0.0693. The number of esters is 2. The Kier molecular flexibility index (Phi) is 17.0. The Morgan fingerprint density at radius 1 is 0.521 bits per heavy atom. The molecule has 8 aliphatic carbocycles. The van der Waals surface area contributed by atoms with Crippen LogP contribution in [0.1, 0.15) is 217 Å². The van der Waals surface area contributed by atoms with Gasteiger partial charge in [-0.05, 0) is 183 Å². The van der Waals surface area contributed by atoms with E-state index >= 15 is 0 Å². The van der Waals surface area contributed by atoms with Crippen LogP contribution in [0.15, 0.2) is 23.3 Å². The number of allylic oxidation sites excluding steroid dienone is 2. The van der Waals surface area contributed by atoms with Gasteiger partial charge in [0.2, 0.25) is 0 Å². The van der Waals surface area contributed by atoms with Crippen LogP contribution in [0.4, 0.5) is 0 Å². The van der Waals surface area contributed by atoms with Crippen LogP contribution in [0.25, 0.3) is 0 Å². The van der Waals surface area contributed by atoms with Crippen molar-refractivity contribution in [1.82, 2.24) is 0 Å². The molecule has 0 aliphatic heterocycles. The zero-order valence-electron chi connectivity index (χ0n) is 48.9. The predicted octanol–water partition coefficient (Wildman–Crippen LogP) is 15.4. The van der Waals surface area contributed by atoms with Gasteiger partial charge < -0.3 is 18.4 Å². The fourth-order valence-electron chi connectivity index (χ4n) is 19.7. The average molecular weight is 986 g/mol. The summed E-state index contributed by atoms with van der Waals surface area (Å²) in [4.78, 5) is 27.2. The monoisotopic (exact) mass is 985 g/mol. The molecule has 404 valence electrons. The van der Waals surface area contributed by atoms with Crippen molar-refractivity contribution in [3.8, 4) is 0 Å². The van der Waals surface area contributed by atoms with Crippen molar-refractivity contribution >= 4 is 11.9 Å². The first kappa shape index (κ1) is 55.6. The van der Waals surface area contributed by atoms with Crippen molar-refractivity contribution in [2.24, 2.45) is 92.7 Å². The summed E-state index contributed by atoms with van der Waals surface area (Å²) >= 11 is 0. The molecule has 6 nitrogen and oxygen atoms in total. The Balaban J connectivity index is 0.754. The highest BCUT2D eigenvalue weighted by molar-refractivity contribution is 5.71. The lowest BCUT2D eigenvalue weighted by molar-refractivity contribution is -0.902. The minimum absolute atomic E-state index is 0.00212. The fraction of sp³-hybridized carbons (Fsp3) is 0.908. The Morgan fingerprint density at radius 3 is 1.30 bits per heavy atom. The van der Waals surface area contributed by atoms with Gasteiger partial charge in [0.15, 0.2) is 13.1 Å². The Hall–Kier alpha value is -1.66. The topological polar surface area (TPSA) is 52.6 Å². The number of carbonyl (C=O) groups is 2. The molecular weight excluding hydrogens is 873 g/mol. The summed E-state index contributed by atoms with van der Waals surface area (Å²) in [5.41, 5.74) is 4.75. The molecule has 8 rings (SSSR count). The summed E-state index contributed by atoms with van der Waals surface area (Å²) in [6, 6.07) is 0. The summed E-state index contributed by atoms with van der Waals surface area (Å²) in [6.07, 6.45) is 34.5. The molecule has 71 heavy (non-hydrogen) atoms. The molecule has 0 amide bonds. The maximum atomic E-state index is 13.6. The second kappa shape index (κ2) is 21.8. The van der Waals surface area contributed by atoms with Crippen LogP contribution >= 0.6 is 0 Å². The van der Waals surface area contributed by atoms with E-state index in [4.69, 9.17) is 9.47 Å². The third kappa shape index (κ3) is 11.7. The zero-order valence-corrected chi connectivity index (χ0v) is 48.9. The molecule has 0 radical (unpaired) electrons. The van der Waals surface area contributed by atoms with E-state index in [1.165, 1.54) is 103 Å². The number of nitrogens with zero attached hydrogens (tertiary/aromatic N) is 2. The van der Waals surface area contributed by atoms with Crippen molar-refractivity contribution in [2.45, 2.75) is 229 Å². The van der Waals surface area contributed by atoms with Crippen molar-refractivity contribution in [2.75, 3.05) is 54.4 Å². The molecule has 6 heteroatoms. The van der Waals surface area contributed by atoms with Gasteiger partial charge >= 0.3 is 11.9 Å². The van der Waals surface area contributed by atoms with Gasteiger partial charge in [-0.3, -0.25) is 0 Å². The molecule has 0 aromatic carbocycles. The molecule has 0 saturated heterocycles. The normalized spacial score (nSPS) is 39.8. The van der Waals surface area contributed by atoms with Gasteiger partial charge in [-0.1, -0.05) is 131 Å². The first-order valence-electron chi connectivity index (χ1n) is 30.8. The summed E-state index contributed by atoms with van der Waals surface area (Å²) in [5, 5.41) is 0. The fourth-order valence-corrected chi connectivity index (χ4v) is 19.7. The molecule has 6 saturated carbocycles. The molecule has 6 fully saturated rings. The van der Waals surface area contributed by atoms with E-state index < -0.39 is 0 Å².